The lowest BCUT2D eigenvalue weighted by Crippen LogP contribution is -2.03. The van der Waals surface area contributed by atoms with Crippen LogP contribution in [0.25, 0.3) is 22.3 Å². The quantitative estimate of drug-likeness (QED) is 0.460. The molecule has 0 aliphatic heterocycles. The van der Waals surface area contributed by atoms with Gasteiger partial charge in [0.15, 0.2) is 5.78 Å². The van der Waals surface area contributed by atoms with E-state index in [0.29, 0.717) is 17.7 Å². The third kappa shape index (κ3) is 3.89. The molecule has 0 aliphatic carbocycles. The number of ether oxygens (including phenoxy) is 1. The van der Waals surface area contributed by atoms with Gasteiger partial charge in [-0.15, -0.1) is 0 Å². The number of hydrogen-bond acceptors (Lipinski definition) is 3. The molecule has 0 N–H and O–H groups in total. The van der Waals surface area contributed by atoms with Gasteiger partial charge in [0.25, 0.3) is 0 Å². The van der Waals surface area contributed by atoms with Crippen molar-refractivity contribution in [1.82, 2.24) is 0 Å². The molecule has 130 valence electrons. The van der Waals surface area contributed by atoms with Crippen molar-refractivity contribution in [3.05, 3.63) is 83.9 Å². The van der Waals surface area contributed by atoms with Crippen molar-refractivity contribution < 1.29 is 14.3 Å². The van der Waals surface area contributed by atoms with E-state index in [1.807, 2.05) is 48.5 Å². The molecule has 3 rings (SSSR count). The molecule has 0 fully saturated rings. The van der Waals surface area contributed by atoms with Crippen molar-refractivity contribution in [2.24, 2.45) is 0 Å². The molecule has 0 amide bonds. The van der Waals surface area contributed by atoms with Crippen LogP contribution in [0.2, 0.25) is 0 Å². The number of benzene rings is 3. The van der Waals surface area contributed by atoms with Crippen LogP contribution in [0.1, 0.15) is 34.6 Å². The average Bonchev–Trinajstić information content (AvgIpc) is 2.68. The van der Waals surface area contributed by atoms with Gasteiger partial charge < -0.3 is 4.74 Å². The molecule has 0 bridgehead atoms. The summed E-state index contributed by atoms with van der Waals surface area (Å²) in [5.41, 5.74) is 5.54. The van der Waals surface area contributed by atoms with Gasteiger partial charge in [0.2, 0.25) is 0 Å². The Hall–Kier alpha value is -3.20. The Morgan fingerprint density at radius 2 is 1.00 bits per heavy atom. The van der Waals surface area contributed by atoms with E-state index in [2.05, 4.69) is 12.1 Å². The molecule has 3 aromatic carbocycles. The zero-order chi connectivity index (χ0) is 18.5. The molecular weight excluding hydrogens is 324 g/mol. The van der Waals surface area contributed by atoms with Crippen molar-refractivity contribution in [2.75, 3.05) is 6.61 Å². The van der Waals surface area contributed by atoms with Gasteiger partial charge in [-0.3, -0.25) is 4.79 Å². The zero-order valence-electron chi connectivity index (χ0n) is 14.9. The molecule has 0 spiro atoms. The van der Waals surface area contributed by atoms with Crippen LogP contribution >= 0.6 is 0 Å². The average molecular weight is 344 g/mol. The minimum Gasteiger partial charge on any atom is -0.462 e. The Morgan fingerprint density at radius 1 is 0.654 bits per heavy atom. The van der Waals surface area contributed by atoms with E-state index in [-0.39, 0.29) is 11.8 Å². The van der Waals surface area contributed by atoms with Gasteiger partial charge in [-0.25, -0.2) is 4.79 Å². The summed E-state index contributed by atoms with van der Waals surface area (Å²) >= 11 is 0. The van der Waals surface area contributed by atoms with E-state index in [1.165, 1.54) is 0 Å². The number of ketones is 1. The SMILES string of the molecule is CCOC(=O)c1ccc(-c2ccc(-c3ccc(C(C)=O)cc3)cc2)cc1. The number of hydrogen-bond donors (Lipinski definition) is 0. The van der Waals surface area contributed by atoms with Gasteiger partial charge in [-0.1, -0.05) is 60.7 Å². The number of carbonyl (C=O) groups excluding carboxylic acids is 2. The molecule has 3 aromatic rings. The summed E-state index contributed by atoms with van der Waals surface area (Å²) in [6, 6.07) is 23.2. The third-order valence-electron chi connectivity index (χ3n) is 4.24. The Labute approximate surface area is 153 Å². The highest BCUT2D eigenvalue weighted by Crippen LogP contribution is 2.25. The first-order valence-corrected chi connectivity index (χ1v) is 8.57. The summed E-state index contributed by atoms with van der Waals surface area (Å²) in [6.45, 7) is 3.73. The lowest BCUT2D eigenvalue weighted by molar-refractivity contribution is 0.0526. The summed E-state index contributed by atoms with van der Waals surface area (Å²) in [4.78, 5) is 23.1. The molecule has 0 saturated carbocycles. The minimum absolute atomic E-state index is 0.0677. The molecule has 0 aromatic heterocycles. The van der Waals surface area contributed by atoms with Gasteiger partial charge in [0.1, 0.15) is 0 Å². The Morgan fingerprint density at radius 3 is 1.35 bits per heavy atom. The van der Waals surface area contributed by atoms with E-state index in [1.54, 1.807) is 26.0 Å². The van der Waals surface area contributed by atoms with E-state index in [4.69, 9.17) is 4.74 Å². The third-order valence-corrected chi connectivity index (χ3v) is 4.24. The van der Waals surface area contributed by atoms with Gasteiger partial charge >= 0.3 is 5.97 Å². The largest absolute Gasteiger partial charge is 0.462 e. The summed E-state index contributed by atoms with van der Waals surface area (Å²) in [6.07, 6.45) is 0. The number of Topliss-reactive ketones (excluding diaryl/α,β-unsaturated/α-hetero) is 1. The molecule has 3 nitrogen and oxygen atoms in total. The minimum atomic E-state index is -0.302. The maximum atomic E-state index is 11.7. The lowest BCUT2D eigenvalue weighted by atomic mass is 9.98. The van der Waals surface area contributed by atoms with Gasteiger partial charge in [0.05, 0.1) is 12.2 Å². The second-order valence-corrected chi connectivity index (χ2v) is 6.01. The highest BCUT2D eigenvalue weighted by molar-refractivity contribution is 5.94. The molecule has 0 unspecified atom stereocenters. The lowest BCUT2D eigenvalue weighted by Gasteiger charge is -2.07. The fourth-order valence-corrected chi connectivity index (χ4v) is 2.77. The second kappa shape index (κ2) is 7.79. The predicted molar refractivity (Wildman–Crippen MR) is 103 cm³/mol. The van der Waals surface area contributed by atoms with Crippen LogP contribution in [-0.4, -0.2) is 18.4 Å². The fraction of sp³-hybridized carbons (Fsp3) is 0.130. The zero-order valence-corrected chi connectivity index (χ0v) is 14.9. The van der Waals surface area contributed by atoms with Crippen LogP contribution in [0.4, 0.5) is 0 Å². The smallest absolute Gasteiger partial charge is 0.338 e. The topological polar surface area (TPSA) is 43.4 Å². The summed E-state index contributed by atoms with van der Waals surface area (Å²) in [5, 5.41) is 0. The van der Waals surface area contributed by atoms with Gasteiger partial charge in [0, 0.05) is 5.56 Å². The number of carbonyl (C=O) groups is 2. The number of esters is 1. The first-order chi connectivity index (χ1) is 12.6. The van der Waals surface area contributed by atoms with Crippen molar-refractivity contribution in [3.63, 3.8) is 0 Å². The fourth-order valence-electron chi connectivity index (χ4n) is 2.77. The first-order valence-electron chi connectivity index (χ1n) is 8.57. The molecule has 0 heterocycles. The van der Waals surface area contributed by atoms with Crippen LogP contribution < -0.4 is 0 Å². The van der Waals surface area contributed by atoms with Crippen molar-refractivity contribution in [3.8, 4) is 22.3 Å². The Balaban J connectivity index is 1.79. The first kappa shape index (κ1) is 17.6. The summed E-state index contributed by atoms with van der Waals surface area (Å²) in [5.74, 6) is -0.235. The number of rotatable bonds is 5. The Kier molecular flexibility index (Phi) is 5.28. The molecule has 3 heteroatoms. The van der Waals surface area contributed by atoms with Gasteiger partial charge in [-0.2, -0.15) is 0 Å². The normalized spacial score (nSPS) is 10.4. The van der Waals surface area contributed by atoms with Crippen LogP contribution in [0.15, 0.2) is 72.8 Å². The van der Waals surface area contributed by atoms with Gasteiger partial charge in [-0.05, 0) is 48.2 Å². The van der Waals surface area contributed by atoms with Crippen molar-refractivity contribution >= 4 is 11.8 Å². The molecule has 0 radical (unpaired) electrons. The summed E-state index contributed by atoms with van der Waals surface area (Å²) in [7, 11) is 0. The van der Waals surface area contributed by atoms with Crippen LogP contribution in [0, 0.1) is 0 Å². The van der Waals surface area contributed by atoms with Crippen molar-refractivity contribution in [1.29, 1.82) is 0 Å². The standard InChI is InChI=1S/C23H20O3/c1-3-26-23(25)22-14-12-21(13-15-22)20-10-8-19(9-11-20)18-6-4-17(5-7-18)16(2)24/h4-15H,3H2,1-2H3. The summed E-state index contributed by atoms with van der Waals surface area (Å²) < 4.78 is 5.00. The Bertz CT molecular complexity index is 905. The molecule has 26 heavy (non-hydrogen) atoms. The van der Waals surface area contributed by atoms with Crippen molar-refractivity contribution in [2.45, 2.75) is 13.8 Å². The highest BCUT2D eigenvalue weighted by Gasteiger charge is 2.07. The molecule has 0 aliphatic rings. The van der Waals surface area contributed by atoms with Crippen LogP contribution in [0.3, 0.4) is 0 Å². The maximum Gasteiger partial charge on any atom is 0.338 e. The van der Waals surface area contributed by atoms with Crippen LogP contribution in [-0.2, 0) is 4.74 Å². The molecular formula is C23H20O3. The highest BCUT2D eigenvalue weighted by atomic mass is 16.5. The maximum absolute atomic E-state index is 11.7. The van der Waals surface area contributed by atoms with E-state index in [9.17, 15) is 9.59 Å². The van der Waals surface area contributed by atoms with E-state index < -0.39 is 0 Å². The van der Waals surface area contributed by atoms with Crippen LogP contribution in [0.5, 0.6) is 0 Å². The molecule has 0 atom stereocenters. The monoisotopic (exact) mass is 344 g/mol. The molecule has 0 saturated heterocycles. The van der Waals surface area contributed by atoms with E-state index >= 15 is 0 Å². The predicted octanol–water partition coefficient (Wildman–Crippen LogP) is 5.40. The van der Waals surface area contributed by atoms with E-state index in [0.717, 1.165) is 22.3 Å². The second-order valence-electron chi connectivity index (χ2n) is 6.01.